The summed E-state index contributed by atoms with van der Waals surface area (Å²) in [7, 11) is 0. The number of rotatable bonds is 7. The average Bonchev–Trinajstić information content (AvgIpc) is 2.68. The third kappa shape index (κ3) is 5.60. The summed E-state index contributed by atoms with van der Waals surface area (Å²) in [5.41, 5.74) is 5.65. The molecule has 3 rings (SSSR count). The van der Waals surface area contributed by atoms with Gasteiger partial charge in [-0.1, -0.05) is 59.8 Å². The van der Waals surface area contributed by atoms with Gasteiger partial charge in [-0.3, -0.25) is 14.2 Å². The van der Waals surface area contributed by atoms with E-state index in [2.05, 4.69) is 22.4 Å². The largest absolute Gasteiger partial charge is 0.324 e. The Morgan fingerprint density at radius 2 is 1.70 bits per heavy atom. The van der Waals surface area contributed by atoms with E-state index in [1.807, 2.05) is 51.1 Å². The number of carbonyl (C=O) groups excluding carboxylic acids is 1. The Kier molecular flexibility index (Phi) is 7.11. The molecule has 0 aliphatic rings. The Balaban J connectivity index is 1.75. The SMILES string of the molecule is Cc1cc(C)c(NC(=O)Cn2c(SCCc3ccccc3)nc(C)cc2=O)c(C)c1. The molecule has 1 aromatic heterocycles. The fourth-order valence-electron chi connectivity index (χ4n) is 3.45. The molecule has 0 fully saturated rings. The van der Waals surface area contributed by atoms with Crippen molar-refractivity contribution in [2.24, 2.45) is 0 Å². The van der Waals surface area contributed by atoms with Gasteiger partial charge in [0.25, 0.3) is 5.56 Å². The first-order chi connectivity index (χ1) is 14.3. The summed E-state index contributed by atoms with van der Waals surface area (Å²) in [6, 6.07) is 15.7. The lowest BCUT2D eigenvalue weighted by Crippen LogP contribution is -2.30. The summed E-state index contributed by atoms with van der Waals surface area (Å²) in [6.07, 6.45) is 0.864. The van der Waals surface area contributed by atoms with Crippen molar-refractivity contribution in [1.29, 1.82) is 0 Å². The van der Waals surface area contributed by atoms with Crippen LogP contribution in [0, 0.1) is 27.7 Å². The standard InChI is InChI=1S/C24H27N3O2S/c1-16-12-17(2)23(18(3)13-16)26-21(28)15-27-22(29)14-19(4)25-24(27)30-11-10-20-8-6-5-7-9-20/h5-9,12-14H,10-11,15H2,1-4H3,(H,26,28). The Morgan fingerprint density at radius 3 is 2.37 bits per heavy atom. The lowest BCUT2D eigenvalue weighted by atomic mass is 10.1. The highest BCUT2D eigenvalue weighted by molar-refractivity contribution is 7.99. The minimum Gasteiger partial charge on any atom is -0.324 e. The number of nitrogens with zero attached hydrogens (tertiary/aromatic N) is 2. The Hall–Kier alpha value is -2.86. The molecular formula is C24H27N3O2S. The van der Waals surface area contributed by atoms with Gasteiger partial charge in [0, 0.05) is 23.2 Å². The van der Waals surface area contributed by atoms with Crippen molar-refractivity contribution in [2.75, 3.05) is 11.1 Å². The van der Waals surface area contributed by atoms with Gasteiger partial charge in [0.1, 0.15) is 6.54 Å². The van der Waals surface area contributed by atoms with Crippen molar-refractivity contribution in [2.45, 2.75) is 45.8 Å². The van der Waals surface area contributed by atoms with Gasteiger partial charge < -0.3 is 5.32 Å². The summed E-state index contributed by atoms with van der Waals surface area (Å²) >= 11 is 1.50. The second kappa shape index (κ2) is 9.76. The van der Waals surface area contributed by atoms with Gasteiger partial charge in [-0.2, -0.15) is 0 Å². The summed E-state index contributed by atoms with van der Waals surface area (Å²) in [5.74, 6) is 0.542. The second-order valence-electron chi connectivity index (χ2n) is 7.51. The maximum absolute atomic E-state index is 12.7. The highest BCUT2D eigenvalue weighted by Crippen LogP contribution is 2.22. The van der Waals surface area contributed by atoms with E-state index in [0.717, 1.165) is 34.6 Å². The predicted molar refractivity (Wildman–Crippen MR) is 123 cm³/mol. The zero-order valence-electron chi connectivity index (χ0n) is 17.9. The number of anilines is 1. The van der Waals surface area contributed by atoms with Crippen LogP contribution in [-0.4, -0.2) is 21.2 Å². The molecule has 156 valence electrons. The van der Waals surface area contributed by atoms with Gasteiger partial charge in [0.2, 0.25) is 5.91 Å². The number of aromatic nitrogens is 2. The molecule has 0 bridgehead atoms. The monoisotopic (exact) mass is 421 g/mol. The Bertz CT molecular complexity index is 1080. The van der Waals surface area contributed by atoms with E-state index in [1.165, 1.54) is 28.0 Å². The van der Waals surface area contributed by atoms with Crippen LogP contribution in [0.1, 0.15) is 27.9 Å². The van der Waals surface area contributed by atoms with Crippen LogP contribution in [0.15, 0.2) is 58.5 Å². The molecule has 0 radical (unpaired) electrons. The maximum Gasteiger partial charge on any atom is 0.254 e. The van der Waals surface area contributed by atoms with Crippen LogP contribution in [0.3, 0.4) is 0 Å². The molecule has 0 saturated carbocycles. The second-order valence-corrected chi connectivity index (χ2v) is 8.57. The van der Waals surface area contributed by atoms with Gasteiger partial charge in [-0.25, -0.2) is 4.98 Å². The van der Waals surface area contributed by atoms with E-state index >= 15 is 0 Å². The molecule has 2 aromatic carbocycles. The van der Waals surface area contributed by atoms with E-state index in [0.29, 0.717) is 10.9 Å². The van der Waals surface area contributed by atoms with E-state index in [-0.39, 0.29) is 18.0 Å². The zero-order valence-corrected chi connectivity index (χ0v) is 18.7. The molecule has 1 amide bonds. The smallest absolute Gasteiger partial charge is 0.254 e. The molecule has 0 saturated heterocycles. The van der Waals surface area contributed by atoms with Crippen LogP contribution in [0.5, 0.6) is 0 Å². The van der Waals surface area contributed by atoms with Crippen molar-refractivity contribution < 1.29 is 4.79 Å². The number of hydrogen-bond donors (Lipinski definition) is 1. The molecule has 5 nitrogen and oxygen atoms in total. The molecule has 0 atom stereocenters. The average molecular weight is 422 g/mol. The normalized spacial score (nSPS) is 10.8. The summed E-state index contributed by atoms with van der Waals surface area (Å²) in [4.78, 5) is 29.9. The number of aryl methyl sites for hydroxylation is 5. The zero-order chi connectivity index (χ0) is 21.7. The molecule has 30 heavy (non-hydrogen) atoms. The van der Waals surface area contributed by atoms with Crippen LogP contribution in [0.2, 0.25) is 0 Å². The van der Waals surface area contributed by atoms with Gasteiger partial charge in [-0.05, 0) is 50.8 Å². The van der Waals surface area contributed by atoms with Crippen molar-refractivity contribution in [3.8, 4) is 0 Å². The van der Waals surface area contributed by atoms with Gasteiger partial charge in [0.15, 0.2) is 5.16 Å². The molecule has 6 heteroatoms. The Labute approximate surface area is 181 Å². The molecule has 0 unspecified atom stereocenters. The third-order valence-corrected chi connectivity index (χ3v) is 5.79. The molecule has 0 aliphatic carbocycles. The molecule has 1 N–H and O–H groups in total. The van der Waals surface area contributed by atoms with Crippen molar-refractivity contribution in [3.63, 3.8) is 0 Å². The quantitative estimate of drug-likeness (QED) is 0.452. The lowest BCUT2D eigenvalue weighted by molar-refractivity contribution is -0.116. The van der Waals surface area contributed by atoms with E-state index < -0.39 is 0 Å². The van der Waals surface area contributed by atoms with Crippen molar-refractivity contribution in [3.05, 3.63) is 86.8 Å². The predicted octanol–water partition coefficient (Wildman–Crippen LogP) is 4.45. The first-order valence-electron chi connectivity index (χ1n) is 9.96. The fourth-order valence-corrected chi connectivity index (χ4v) is 4.49. The van der Waals surface area contributed by atoms with Crippen molar-refractivity contribution in [1.82, 2.24) is 9.55 Å². The maximum atomic E-state index is 12.7. The third-order valence-electron chi connectivity index (χ3n) is 4.81. The van der Waals surface area contributed by atoms with Crippen LogP contribution in [-0.2, 0) is 17.8 Å². The molecule has 3 aromatic rings. The van der Waals surface area contributed by atoms with Crippen LogP contribution < -0.4 is 10.9 Å². The summed E-state index contributed by atoms with van der Waals surface area (Å²) < 4.78 is 1.46. The van der Waals surface area contributed by atoms with Crippen LogP contribution in [0.4, 0.5) is 5.69 Å². The fraction of sp³-hybridized carbons (Fsp3) is 0.292. The van der Waals surface area contributed by atoms with Gasteiger partial charge >= 0.3 is 0 Å². The first kappa shape index (κ1) is 21.8. The molecule has 1 heterocycles. The molecule has 0 spiro atoms. The minimum absolute atomic E-state index is 0.0630. The van der Waals surface area contributed by atoms with Crippen LogP contribution >= 0.6 is 11.8 Å². The minimum atomic E-state index is -0.234. The van der Waals surface area contributed by atoms with Crippen molar-refractivity contribution >= 4 is 23.4 Å². The number of benzene rings is 2. The van der Waals surface area contributed by atoms with Gasteiger partial charge in [-0.15, -0.1) is 0 Å². The number of nitrogens with one attached hydrogen (secondary N) is 1. The van der Waals surface area contributed by atoms with E-state index in [4.69, 9.17) is 0 Å². The first-order valence-corrected chi connectivity index (χ1v) is 10.9. The number of thioether (sulfide) groups is 1. The number of carbonyl (C=O) groups is 1. The van der Waals surface area contributed by atoms with Gasteiger partial charge in [0.05, 0.1) is 0 Å². The highest BCUT2D eigenvalue weighted by atomic mass is 32.2. The lowest BCUT2D eigenvalue weighted by Gasteiger charge is -2.15. The molecule has 0 aliphatic heterocycles. The van der Waals surface area contributed by atoms with E-state index in [1.54, 1.807) is 6.92 Å². The Morgan fingerprint density at radius 1 is 1.03 bits per heavy atom. The number of amides is 1. The van der Waals surface area contributed by atoms with E-state index in [9.17, 15) is 9.59 Å². The summed E-state index contributed by atoms with van der Waals surface area (Å²) in [6.45, 7) is 7.71. The van der Waals surface area contributed by atoms with Crippen LogP contribution in [0.25, 0.3) is 0 Å². The molecular weight excluding hydrogens is 394 g/mol. The number of hydrogen-bond acceptors (Lipinski definition) is 4. The topological polar surface area (TPSA) is 64.0 Å². The summed E-state index contributed by atoms with van der Waals surface area (Å²) in [5, 5.41) is 3.54. The highest BCUT2D eigenvalue weighted by Gasteiger charge is 2.14.